The highest BCUT2D eigenvalue weighted by Crippen LogP contribution is 2.51. The summed E-state index contributed by atoms with van der Waals surface area (Å²) in [4.78, 5) is 16.7. The highest BCUT2D eigenvalue weighted by Gasteiger charge is 2.53. The topological polar surface area (TPSA) is 53.0 Å². The molecule has 0 aromatic heterocycles. The summed E-state index contributed by atoms with van der Waals surface area (Å²) < 4.78 is 5.50. The minimum Gasteiger partial charge on any atom is -0.458 e. The molecule has 0 aromatic carbocycles. The summed E-state index contributed by atoms with van der Waals surface area (Å²) in [6, 6.07) is 1.04. The fourth-order valence-electron chi connectivity index (χ4n) is 6.20. The van der Waals surface area contributed by atoms with E-state index in [4.69, 9.17) is 4.74 Å². The predicted octanol–water partition coefficient (Wildman–Crippen LogP) is 3.69. The number of rotatable bonds is 6. The Morgan fingerprint density at radius 2 is 1.94 bits per heavy atom. The first-order valence-electron chi connectivity index (χ1n) is 12.1. The molecule has 175 valence electrons. The van der Waals surface area contributed by atoms with Crippen LogP contribution >= 0.6 is 0 Å². The largest absolute Gasteiger partial charge is 0.458 e. The Bertz CT molecular complexity index is 692. The second kappa shape index (κ2) is 9.76. The van der Waals surface area contributed by atoms with Crippen LogP contribution in [-0.4, -0.2) is 70.8 Å². The van der Waals surface area contributed by atoms with Crippen LogP contribution in [0.3, 0.4) is 0 Å². The zero-order valence-electron chi connectivity index (χ0n) is 20.4. The third kappa shape index (κ3) is 5.09. The zero-order chi connectivity index (χ0) is 22.9. The number of carbonyl (C=O) groups is 1. The Hall–Kier alpha value is -1.17. The van der Waals surface area contributed by atoms with Crippen LogP contribution < -0.4 is 0 Å². The van der Waals surface area contributed by atoms with E-state index in [0.717, 1.165) is 44.6 Å². The number of aliphatic hydroxyl groups is 1. The number of nitrogens with zero attached hydrogens (tertiary/aromatic N) is 2. The third-order valence-corrected chi connectivity index (χ3v) is 8.18. The van der Waals surface area contributed by atoms with Crippen molar-refractivity contribution in [2.75, 3.05) is 26.2 Å². The predicted molar refractivity (Wildman–Crippen MR) is 125 cm³/mol. The Labute approximate surface area is 189 Å². The van der Waals surface area contributed by atoms with Crippen molar-refractivity contribution in [2.45, 2.75) is 78.2 Å². The number of fused-ring (bicyclic) bond motifs is 1. The number of hydrogen-bond acceptors (Lipinski definition) is 5. The van der Waals surface area contributed by atoms with Gasteiger partial charge in [-0.3, -0.25) is 14.6 Å². The molecule has 0 bridgehead atoms. The van der Waals surface area contributed by atoms with Gasteiger partial charge in [-0.05, 0) is 56.9 Å². The van der Waals surface area contributed by atoms with Crippen LogP contribution in [0, 0.1) is 30.1 Å². The van der Waals surface area contributed by atoms with Gasteiger partial charge >= 0.3 is 5.97 Å². The number of piperazine rings is 1. The smallest absolute Gasteiger partial charge is 0.303 e. The normalized spacial score (nSPS) is 40.5. The number of esters is 1. The van der Waals surface area contributed by atoms with Crippen LogP contribution in [-0.2, 0) is 9.53 Å². The second-order valence-electron chi connectivity index (χ2n) is 10.5. The van der Waals surface area contributed by atoms with Crippen molar-refractivity contribution in [1.29, 1.82) is 0 Å². The molecule has 8 atom stereocenters. The van der Waals surface area contributed by atoms with Crippen molar-refractivity contribution in [3.63, 3.8) is 0 Å². The average Bonchev–Trinajstić information content (AvgIpc) is 2.68. The molecule has 1 heterocycles. The number of ether oxygens (including phenoxy) is 1. The molecule has 5 heteroatoms. The van der Waals surface area contributed by atoms with Crippen LogP contribution in [0.15, 0.2) is 24.3 Å². The van der Waals surface area contributed by atoms with Gasteiger partial charge in [-0.1, -0.05) is 26.0 Å². The van der Waals surface area contributed by atoms with Gasteiger partial charge in [-0.15, -0.1) is 6.58 Å². The average molecular weight is 432 g/mol. The van der Waals surface area contributed by atoms with Crippen LogP contribution in [0.25, 0.3) is 0 Å². The molecule has 1 saturated carbocycles. The van der Waals surface area contributed by atoms with Crippen LogP contribution in [0.1, 0.15) is 54.4 Å². The minimum atomic E-state index is -0.918. The van der Waals surface area contributed by atoms with E-state index in [1.807, 2.05) is 19.4 Å². The molecule has 0 spiro atoms. The first-order valence-corrected chi connectivity index (χ1v) is 12.1. The fraction of sp³-hybridized carbons (Fsp3) is 0.769. The molecule has 0 amide bonds. The molecule has 5 nitrogen and oxygen atoms in total. The quantitative estimate of drug-likeness (QED) is 0.513. The molecule has 3 aliphatic rings. The molecule has 1 saturated heterocycles. The Balaban J connectivity index is 1.74. The maximum absolute atomic E-state index is 11.8. The van der Waals surface area contributed by atoms with Gasteiger partial charge in [0.1, 0.15) is 6.10 Å². The van der Waals surface area contributed by atoms with Gasteiger partial charge in [0.25, 0.3) is 0 Å². The minimum absolute atomic E-state index is 0.0767. The maximum atomic E-state index is 11.8. The molecule has 1 radical (unpaired) electrons. The van der Waals surface area contributed by atoms with E-state index >= 15 is 0 Å². The molecule has 0 aromatic rings. The Morgan fingerprint density at radius 3 is 2.58 bits per heavy atom. The highest BCUT2D eigenvalue weighted by atomic mass is 16.5. The molecular weight excluding hydrogens is 388 g/mol. The van der Waals surface area contributed by atoms with E-state index in [9.17, 15) is 9.90 Å². The van der Waals surface area contributed by atoms with Gasteiger partial charge in [-0.2, -0.15) is 0 Å². The van der Waals surface area contributed by atoms with Gasteiger partial charge < -0.3 is 9.84 Å². The molecule has 3 rings (SSSR count). The van der Waals surface area contributed by atoms with Crippen molar-refractivity contribution < 1.29 is 14.6 Å². The number of carbonyl (C=O) groups excluding carboxylic acids is 1. The van der Waals surface area contributed by atoms with E-state index in [1.54, 1.807) is 0 Å². The standard InChI is InChI=1S/C26H43N2O3/c1-8-11-27-15-21(6)28(16-20(27)5)14-18(3)23-10-9-19(4)26(30)13-25(31-22(7)29)17(2)12-24(23)26/h8,12-13,18-21,23-25,30H,1,9-11,14-16H2,2-7H3/t18?,19-,20-,21+,23+,24-,25-,26-/m1/s1. The lowest BCUT2D eigenvalue weighted by atomic mass is 9.57. The summed E-state index contributed by atoms with van der Waals surface area (Å²) in [5.41, 5.74) is 0.120. The first kappa shape index (κ1) is 24.5. The maximum Gasteiger partial charge on any atom is 0.303 e. The molecule has 31 heavy (non-hydrogen) atoms. The van der Waals surface area contributed by atoms with Crippen molar-refractivity contribution >= 4 is 5.97 Å². The SMILES string of the molecule is C=CCN1C[C@H](C)N(CC(C)[C@@H]2CC[C@@H](C)[C@]3(O)[CH][C@@H](OC(C)=O)C(C)=C[C@H]23)C[C@H]1C. The van der Waals surface area contributed by atoms with Crippen molar-refractivity contribution in [3.8, 4) is 0 Å². The molecular formula is C26H43N2O3. The lowest BCUT2D eigenvalue weighted by Gasteiger charge is -2.53. The lowest BCUT2D eigenvalue weighted by Crippen LogP contribution is -2.59. The van der Waals surface area contributed by atoms with Crippen LogP contribution in [0.2, 0.25) is 0 Å². The molecule has 2 fully saturated rings. The summed E-state index contributed by atoms with van der Waals surface area (Å²) in [6.45, 7) is 20.6. The summed E-state index contributed by atoms with van der Waals surface area (Å²) in [6.07, 6.45) is 7.83. The first-order chi connectivity index (χ1) is 14.6. The van der Waals surface area contributed by atoms with Crippen LogP contribution in [0.4, 0.5) is 0 Å². The Morgan fingerprint density at radius 1 is 1.29 bits per heavy atom. The third-order valence-electron chi connectivity index (χ3n) is 8.18. The summed E-state index contributed by atoms with van der Waals surface area (Å²) in [5, 5.41) is 11.8. The van der Waals surface area contributed by atoms with E-state index in [-0.39, 0.29) is 17.8 Å². The van der Waals surface area contributed by atoms with Gasteiger partial charge in [0.2, 0.25) is 0 Å². The van der Waals surface area contributed by atoms with Gasteiger partial charge in [0.15, 0.2) is 0 Å². The fourth-order valence-corrected chi connectivity index (χ4v) is 6.20. The van der Waals surface area contributed by atoms with Gasteiger partial charge in [-0.25, -0.2) is 0 Å². The van der Waals surface area contributed by atoms with E-state index in [0.29, 0.717) is 23.9 Å². The summed E-state index contributed by atoms with van der Waals surface area (Å²) >= 11 is 0. The molecule has 1 unspecified atom stereocenters. The van der Waals surface area contributed by atoms with E-state index in [2.05, 4.69) is 50.1 Å². The van der Waals surface area contributed by atoms with E-state index < -0.39 is 11.7 Å². The Kier molecular flexibility index (Phi) is 7.71. The summed E-state index contributed by atoms with van der Waals surface area (Å²) in [5.74, 6) is 0.826. The monoisotopic (exact) mass is 431 g/mol. The zero-order valence-corrected chi connectivity index (χ0v) is 20.4. The van der Waals surface area contributed by atoms with Crippen molar-refractivity contribution in [3.05, 3.63) is 30.7 Å². The van der Waals surface area contributed by atoms with Crippen molar-refractivity contribution in [1.82, 2.24) is 9.80 Å². The van der Waals surface area contributed by atoms with Gasteiger partial charge in [0.05, 0.1) is 5.60 Å². The number of hydrogen-bond donors (Lipinski definition) is 1. The molecule has 1 N–H and O–H groups in total. The second-order valence-corrected chi connectivity index (χ2v) is 10.5. The van der Waals surface area contributed by atoms with E-state index in [1.165, 1.54) is 6.92 Å². The highest BCUT2D eigenvalue weighted by molar-refractivity contribution is 5.66. The molecule has 2 aliphatic carbocycles. The van der Waals surface area contributed by atoms with Crippen molar-refractivity contribution in [2.24, 2.45) is 23.7 Å². The molecule has 1 aliphatic heterocycles. The lowest BCUT2D eigenvalue weighted by molar-refractivity contribution is -0.148. The van der Waals surface area contributed by atoms with Gasteiger partial charge in [0, 0.05) is 57.5 Å². The summed E-state index contributed by atoms with van der Waals surface area (Å²) in [7, 11) is 0. The van der Waals surface area contributed by atoms with Crippen LogP contribution in [0.5, 0.6) is 0 Å².